The maximum atomic E-state index is 12.2. The number of alkyl carbamates (subject to hydrolysis) is 1. The van der Waals surface area contributed by atoms with E-state index in [0.717, 1.165) is 74.5 Å². The first-order valence-electron chi connectivity index (χ1n) is 20.4. The Labute approximate surface area is 348 Å². The molecule has 6 rings (SSSR count). The Morgan fingerprint density at radius 1 is 0.627 bits per heavy atom. The van der Waals surface area contributed by atoms with Gasteiger partial charge in [0.25, 0.3) is 0 Å². The number of benzene rings is 4. The number of para-hydroxylation sites is 2. The topological polar surface area (TPSA) is 142 Å². The van der Waals surface area contributed by atoms with Gasteiger partial charge in [0.2, 0.25) is 0 Å². The molecule has 3 N–H and O–H groups in total. The number of carbonyl (C=O) groups is 3. The Morgan fingerprint density at radius 3 is 1.42 bits per heavy atom. The lowest BCUT2D eigenvalue weighted by atomic mass is 10.1. The van der Waals surface area contributed by atoms with Gasteiger partial charge in [0.1, 0.15) is 41.4 Å². The molecule has 1 amide bonds. The number of piperidine rings is 2. The Bertz CT molecular complexity index is 1870. The van der Waals surface area contributed by atoms with Gasteiger partial charge in [-0.15, -0.1) is 0 Å². The zero-order valence-corrected chi connectivity index (χ0v) is 35.0. The van der Waals surface area contributed by atoms with Gasteiger partial charge in [-0.2, -0.15) is 0 Å². The summed E-state index contributed by atoms with van der Waals surface area (Å²) in [5.74, 6) is 0.743. The van der Waals surface area contributed by atoms with E-state index in [1.807, 2.05) is 60.7 Å². The molecule has 2 saturated heterocycles. The largest absolute Gasteiger partial charge is 0.490 e. The lowest BCUT2D eigenvalue weighted by Gasteiger charge is -2.33. The summed E-state index contributed by atoms with van der Waals surface area (Å²) < 4.78 is 27.1. The molecule has 0 unspecified atom stereocenters. The van der Waals surface area contributed by atoms with Crippen molar-refractivity contribution in [2.75, 3.05) is 50.2 Å². The van der Waals surface area contributed by atoms with Crippen molar-refractivity contribution in [3.8, 4) is 11.5 Å². The number of carbonyl (C=O) groups excluding carboxylic acids is 3. The van der Waals surface area contributed by atoms with Gasteiger partial charge in [-0.05, 0) is 86.8 Å². The molecule has 2 heterocycles. The highest BCUT2D eigenvalue weighted by atomic mass is 16.6. The molecule has 59 heavy (non-hydrogen) atoms. The molecule has 0 radical (unpaired) electrons. The monoisotopic (exact) mass is 808 g/mol. The van der Waals surface area contributed by atoms with Crippen LogP contribution >= 0.6 is 0 Å². The van der Waals surface area contributed by atoms with Crippen LogP contribution < -0.4 is 30.3 Å². The van der Waals surface area contributed by atoms with Crippen molar-refractivity contribution in [3.63, 3.8) is 0 Å². The molecule has 2 atom stereocenters. The van der Waals surface area contributed by atoms with E-state index in [1.54, 1.807) is 20.8 Å². The van der Waals surface area contributed by atoms with Crippen LogP contribution in [0.2, 0.25) is 0 Å². The van der Waals surface area contributed by atoms with Crippen LogP contribution in [0.5, 0.6) is 11.5 Å². The van der Waals surface area contributed by atoms with Crippen LogP contribution in [-0.2, 0) is 36.6 Å². The molecular weight excluding hydrogens is 749 g/mol. The third-order valence-electron chi connectivity index (χ3n) is 10.2. The Morgan fingerprint density at radius 2 is 1.03 bits per heavy atom. The number of nitrogens with zero attached hydrogens (tertiary/aromatic N) is 2. The second kappa shape index (κ2) is 21.9. The third-order valence-corrected chi connectivity index (χ3v) is 10.2. The third kappa shape index (κ3) is 14.5. The van der Waals surface area contributed by atoms with Crippen molar-refractivity contribution in [1.29, 1.82) is 0 Å². The van der Waals surface area contributed by atoms with Crippen LogP contribution in [0.1, 0.15) is 57.6 Å². The van der Waals surface area contributed by atoms with Gasteiger partial charge in [0.15, 0.2) is 0 Å². The smallest absolute Gasteiger partial charge is 0.408 e. The van der Waals surface area contributed by atoms with Gasteiger partial charge in [-0.25, -0.2) is 9.59 Å². The molecular formula is C47H60N4O8. The minimum absolute atomic E-state index is 0.174. The van der Waals surface area contributed by atoms with Crippen molar-refractivity contribution in [2.24, 2.45) is 5.73 Å². The Hall–Kier alpha value is -5.75. The van der Waals surface area contributed by atoms with Crippen LogP contribution in [0.4, 0.5) is 16.2 Å². The number of anilines is 2. The van der Waals surface area contributed by atoms with Gasteiger partial charge in [0.05, 0.1) is 14.2 Å². The second-order valence-electron chi connectivity index (χ2n) is 15.8. The molecule has 2 aliphatic heterocycles. The van der Waals surface area contributed by atoms with Gasteiger partial charge < -0.3 is 44.5 Å². The van der Waals surface area contributed by atoms with E-state index in [-0.39, 0.29) is 12.2 Å². The Balaban J connectivity index is 0.000000230. The summed E-state index contributed by atoms with van der Waals surface area (Å²) in [5.41, 5.74) is 9.55. The average Bonchev–Trinajstić information content (AvgIpc) is 3.25. The molecule has 0 aliphatic carbocycles. The number of nitrogens with two attached hydrogens (primary N) is 1. The number of hydrogen-bond donors (Lipinski definition) is 2. The fourth-order valence-corrected chi connectivity index (χ4v) is 7.04. The van der Waals surface area contributed by atoms with E-state index in [9.17, 15) is 14.4 Å². The maximum absolute atomic E-state index is 12.2. The maximum Gasteiger partial charge on any atom is 0.408 e. The fraction of sp³-hybridized carbons (Fsp3) is 0.426. The number of ether oxygens (including phenoxy) is 5. The van der Waals surface area contributed by atoms with E-state index in [4.69, 9.17) is 24.7 Å². The second-order valence-corrected chi connectivity index (χ2v) is 15.8. The van der Waals surface area contributed by atoms with Crippen LogP contribution in [0.25, 0.3) is 0 Å². The normalized spacial score (nSPS) is 15.8. The molecule has 0 spiro atoms. The quantitative estimate of drug-likeness (QED) is 0.105. The van der Waals surface area contributed by atoms with Crippen LogP contribution in [-0.4, -0.2) is 88.3 Å². The average molecular weight is 809 g/mol. The summed E-state index contributed by atoms with van der Waals surface area (Å²) in [6.45, 7) is 9.23. The molecule has 0 bridgehead atoms. The summed E-state index contributed by atoms with van der Waals surface area (Å²) in [7, 11) is 2.65. The standard InChI is InChI=1S/C26H34N2O5.C21H26N2O3/c1-26(2,3)33-25(30)27-23(24(29)31-4)18-19-10-12-21(13-11-19)32-22-14-16-28(17-15-22)20-8-6-5-7-9-20;1-25-21(24)20(22)15-16-7-9-18(10-8-16)26-19-11-13-23(14-12-19)17-5-3-2-4-6-17/h5-13,22-23H,14-18H2,1-4H3,(H,27,30);2-10,19-20H,11-15,22H2,1H3/t23-;20-/m00/s1. The molecule has 4 aromatic carbocycles. The SMILES string of the molecule is COC(=O)[C@@H](N)Cc1ccc(OC2CCN(c3ccccc3)CC2)cc1.COC(=O)[C@H](Cc1ccc(OC2CCN(c3ccccc3)CC2)cc1)NC(=O)OC(C)(C)C. The van der Waals surface area contributed by atoms with E-state index in [0.29, 0.717) is 12.8 Å². The zero-order valence-electron chi connectivity index (χ0n) is 35.0. The van der Waals surface area contributed by atoms with Crippen molar-refractivity contribution in [3.05, 3.63) is 120 Å². The summed E-state index contributed by atoms with van der Waals surface area (Å²) in [6.07, 6.45) is 4.44. The van der Waals surface area contributed by atoms with Gasteiger partial charge in [-0.1, -0.05) is 60.7 Å². The van der Waals surface area contributed by atoms with E-state index in [2.05, 4.69) is 68.4 Å². The molecule has 12 heteroatoms. The molecule has 12 nitrogen and oxygen atoms in total. The van der Waals surface area contributed by atoms with E-state index in [1.165, 1.54) is 25.6 Å². The summed E-state index contributed by atoms with van der Waals surface area (Å²) in [4.78, 5) is 40.4. The number of esters is 2. The van der Waals surface area contributed by atoms with E-state index >= 15 is 0 Å². The fourth-order valence-electron chi connectivity index (χ4n) is 7.04. The Kier molecular flexibility index (Phi) is 16.4. The first-order chi connectivity index (χ1) is 28.4. The van der Waals surface area contributed by atoms with Gasteiger partial charge in [-0.3, -0.25) is 4.79 Å². The first kappa shape index (κ1) is 44.4. The predicted octanol–water partition coefficient (Wildman–Crippen LogP) is 7.12. The molecule has 4 aromatic rings. The summed E-state index contributed by atoms with van der Waals surface area (Å²) in [6, 6.07) is 34.9. The van der Waals surface area contributed by atoms with Crippen molar-refractivity contribution < 1.29 is 38.1 Å². The van der Waals surface area contributed by atoms with Gasteiger partial charge >= 0.3 is 18.0 Å². The lowest BCUT2D eigenvalue weighted by Crippen LogP contribution is -2.45. The molecule has 0 saturated carbocycles. The highest BCUT2D eigenvalue weighted by Crippen LogP contribution is 2.25. The number of amides is 1. The number of rotatable bonds is 13. The van der Waals surface area contributed by atoms with Crippen molar-refractivity contribution >= 4 is 29.4 Å². The minimum Gasteiger partial charge on any atom is -0.490 e. The van der Waals surface area contributed by atoms with Crippen LogP contribution in [0, 0.1) is 0 Å². The van der Waals surface area contributed by atoms with E-state index < -0.39 is 35.7 Å². The minimum atomic E-state index is -0.834. The first-order valence-corrected chi connectivity index (χ1v) is 20.4. The van der Waals surface area contributed by atoms with Gasteiger partial charge in [0, 0.05) is 69.7 Å². The molecule has 316 valence electrons. The van der Waals surface area contributed by atoms with Crippen molar-refractivity contribution in [2.45, 2.75) is 89.2 Å². The highest BCUT2D eigenvalue weighted by Gasteiger charge is 2.26. The number of hydrogen-bond acceptors (Lipinski definition) is 11. The zero-order chi connectivity index (χ0) is 42.2. The highest BCUT2D eigenvalue weighted by molar-refractivity contribution is 5.81. The van der Waals surface area contributed by atoms with Crippen molar-refractivity contribution in [1.82, 2.24) is 5.32 Å². The van der Waals surface area contributed by atoms with Crippen LogP contribution in [0.15, 0.2) is 109 Å². The number of methoxy groups -OCH3 is 2. The lowest BCUT2D eigenvalue weighted by molar-refractivity contribution is -0.143. The molecule has 0 aromatic heterocycles. The molecule has 2 fully saturated rings. The molecule has 2 aliphatic rings. The predicted molar refractivity (Wildman–Crippen MR) is 230 cm³/mol. The van der Waals surface area contributed by atoms with Crippen LogP contribution in [0.3, 0.4) is 0 Å². The summed E-state index contributed by atoms with van der Waals surface area (Å²) in [5, 5.41) is 2.60. The number of nitrogens with one attached hydrogen (secondary N) is 1. The summed E-state index contributed by atoms with van der Waals surface area (Å²) >= 11 is 0.